The van der Waals surface area contributed by atoms with Gasteiger partial charge in [0.15, 0.2) is 0 Å². The van der Waals surface area contributed by atoms with Gasteiger partial charge in [-0.2, -0.15) is 0 Å². The summed E-state index contributed by atoms with van der Waals surface area (Å²) in [6, 6.07) is 15.5. The lowest BCUT2D eigenvalue weighted by molar-refractivity contribution is -0.168. The van der Waals surface area contributed by atoms with E-state index in [4.69, 9.17) is 4.74 Å². The van der Waals surface area contributed by atoms with Gasteiger partial charge in [0.25, 0.3) is 0 Å². The number of ether oxygens (including phenoxy) is 1. The highest BCUT2D eigenvalue weighted by Crippen LogP contribution is 2.56. The fourth-order valence-electron chi connectivity index (χ4n) is 4.00. The lowest BCUT2D eigenvalue weighted by atomic mass is 9.59. The van der Waals surface area contributed by atoms with E-state index >= 15 is 0 Å². The molecule has 1 aliphatic carbocycles. The first kappa shape index (κ1) is 13.3. The Morgan fingerprint density at radius 3 is 2.55 bits per heavy atom. The molecule has 0 saturated carbocycles. The van der Waals surface area contributed by atoms with Crippen LogP contribution in [0, 0.1) is 0 Å². The van der Waals surface area contributed by atoms with Crippen molar-refractivity contribution in [3.63, 3.8) is 0 Å². The number of esters is 1. The van der Waals surface area contributed by atoms with Gasteiger partial charge in [0, 0.05) is 11.5 Å². The van der Waals surface area contributed by atoms with Crippen LogP contribution in [-0.2, 0) is 14.9 Å². The molecule has 1 saturated heterocycles. The largest absolute Gasteiger partial charge is 0.457 e. The molecule has 3 heteroatoms. The van der Waals surface area contributed by atoms with E-state index in [1.807, 2.05) is 55.5 Å². The van der Waals surface area contributed by atoms with E-state index in [0.717, 1.165) is 29.4 Å². The maximum Gasteiger partial charge on any atom is 0.317 e. The molecule has 3 aliphatic rings. The van der Waals surface area contributed by atoms with Gasteiger partial charge >= 0.3 is 5.97 Å². The smallest absolute Gasteiger partial charge is 0.317 e. The van der Waals surface area contributed by atoms with Crippen molar-refractivity contribution in [3.8, 4) is 0 Å². The molecule has 2 bridgehead atoms. The van der Waals surface area contributed by atoms with E-state index in [-0.39, 0.29) is 18.0 Å². The van der Waals surface area contributed by atoms with Crippen LogP contribution in [0.4, 0.5) is 0 Å². The van der Waals surface area contributed by atoms with Crippen LogP contribution in [0.3, 0.4) is 0 Å². The van der Waals surface area contributed by atoms with Crippen LogP contribution >= 0.6 is 0 Å². The Morgan fingerprint density at radius 1 is 1.09 bits per heavy atom. The SMILES string of the molecule is C[C@@]12C(=O)O[C@@H](C[C@@H]1c1ccccc1C=O)c1ccccc12. The number of rotatable bonds is 2. The third kappa shape index (κ3) is 1.56. The van der Waals surface area contributed by atoms with Crippen molar-refractivity contribution >= 4 is 12.3 Å². The molecule has 2 aliphatic heterocycles. The minimum absolute atomic E-state index is 0.0324. The average molecular weight is 292 g/mol. The molecule has 3 nitrogen and oxygen atoms in total. The monoisotopic (exact) mass is 292 g/mol. The fraction of sp³-hybridized carbons (Fsp3) is 0.263. The van der Waals surface area contributed by atoms with E-state index in [9.17, 15) is 9.59 Å². The predicted molar refractivity (Wildman–Crippen MR) is 81.8 cm³/mol. The van der Waals surface area contributed by atoms with Crippen molar-refractivity contribution < 1.29 is 14.3 Å². The summed E-state index contributed by atoms with van der Waals surface area (Å²) in [5.41, 5.74) is 3.00. The van der Waals surface area contributed by atoms with Crippen LogP contribution in [0.25, 0.3) is 0 Å². The standard InChI is InChI=1S/C19H16O3/c1-19-15-9-5-4-8-14(15)17(22-18(19)21)10-16(19)13-7-3-2-6-12(13)11-20/h2-9,11,16-17H,10H2,1H3/t16-,17+,19+/m1/s1. The van der Waals surface area contributed by atoms with Gasteiger partial charge in [-0.25, -0.2) is 0 Å². The van der Waals surface area contributed by atoms with Crippen molar-refractivity contribution in [2.45, 2.75) is 30.8 Å². The van der Waals surface area contributed by atoms with Crippen LogP contribution in [0.15, 0.2) is 48.5 Å². The number of carbonyl (C=O) groups excluding carboxylic acids is 2. The Labute approximate surface area is 128 Å². The molecule has 0 unspecified atom stereocenters. The zero-order valence-electron chi connectivity index (χ0n) is 12.3. The third-order valence-electron chi connectivity index (χ3n) is 5.19. The van der Waals surface area contributed by atoms with Crippen LogP contribution in [0.2, 0.25) is 0 Å². The first-order valence-corrected chi connectivity index (χ1v) is 7.51. The highest BCUT2D eigenvalue weighted by atomic mass is 16.5. The molecule has 110 valence electrons. The van der Waals surface area contributed by atoms with Crippen molar-refractivity contribution in [1.82, 2.24) is 0 Å². The number of benzene rings is 2. The predicted octanol–water partition coefficient (Wildman–Crippen LogP) is 3.54. The summed E-state index contributed by atoms with van der Waals surface area (Å²) in [6.07, 6.45) is 1.39. The van der Waals surface area contributed by atoms with Crippen molar-refractivity contribution in [3.05, 3.63) is 70.8 Å². The van der Waals surface area contributed by atoms with E-state index in [0.29, 0.717) is 5.56 Å². The molecule has 5 rings (SSSR count). The van der Waals surface area contributed by atoms with Crippen molar-refractivity contribution in [2.24, 2.45) is 0 Å². The second-order valence-electron chi connectivity index (χ2n) is 6.22. The zero-order valence-corrected chi connectivity index (χ0v) is 12.3. The van der Waals surface area contributed by atoms with Crippen LogP contribution in [0.5, 0.6) is 0 Å². The number of hydrogen-bond acceptors (Lipinski definition) is 3. The summed E-state index contributed by atoms with van der Waals surface area (Å²) in [5.74, 6) is -0.219. The molecular weight excluding hydrogens is 276 g/mol. The molecule has 0 aromatic heterocycles. The van der Waals surface area contributed by atoms with Gasteiger partial charge in [-0.05, 0) is 30.0 Å². The average Bonchev–Trinajstić information content (AvgIpc) is 2.56. The van der Waals surface area contributed by atoms with Gasteiger partial charge in [-0.15, -0.1) is 0 Å². The summed E-state index contributed by atoms with van der Waals surface area (Å²) in [5, 5.41) is 0. The Kier molecular flexibility index (Phi) is 2.73. The molecule has 0 radical (unpaired) electrons. The molecule has 0 amide bonds. The maximum atomic E-state index is 12.6. The summed E-state index contributed by atoms with van der Waals surface area (Å²) < 4.78 is 5.61. The molecule has 0 spiro atoms. The first-order chi connectivity index (χ1) is 10.7. The zero-order chi connectivity index (χ0) is 15.3. The molecule has 2 aromatic rings. The second-order valence-corrected chi connectivity index (χ2v) is 6.22. The van der Waals surface area contributed by atoms with Gasteiger partial charge in [0.2, 0.25) is 0 Å². The highest BCUT2D eigenvalue weighted by Gasteiger charge is 2.56. The van der Waals surface area contributed by atoms with Gasteiger partial charge < -0.3 is 4.74 Å². The van der Waals surface area contributed by atoms with E-state index in [1.54, 1.807) is 0 Å². The van der Waals surface area contributed by atoms with Crippen LogP contribution in [0.1, 0.15) is 52.4 Å². The normalized spacial score (nSPS) is 28.9. The molecule has 0 N–H and O–H groups in total. The highest BCUT2D eigenvalue weighted by molar-refractivity contribution is 5.89. The molecule has 2 aromatic carbocycles. The Hall–Kier alpha value is -2.42. The molecule has 1 fully saturated rings. The topological polar surface area (TPSA) is 43.4 Å². The van der Waals surface area contributed by atoms with Gasteiger partial charge in [0.05, 0.1) is 5.41 Å². The first-order valence-electron chi connectivity index (χ1n) is 7.51. The Bertz CT molecular complexity index is 780. The second kappa shape index (κ2) is 4.54. The van der Waals surface area contributed by atoms with E-state index in [1.165, 1.54) is 0 Å². The van der Waals surface area contributed by atoms with Crippen molar-refractivity contribution in [2.75, 3.05) is 0 Å². The molecule has 2 heterocycles. The number of aldehydes is 1. The third-order valence-corrected chi connectivity index (χ3v) is 5.19. The van der Waals surface area contributed by atoms with Crippen molar-refractivity contribution in [1.29, 1.82) is 0 Å². The Balaban J connectivity index is 1.94. The molecular formula is C19H16O3. The summed E-state index contributed by atoms with van der Waals surface area (Å²) in [4.78, 5) is 24.0. The molecule has 22 heavy (non-hydrogen) atoms. The minimum Gasteiger partial charge on any atom is -0.457 e. The number of carbonyl (C=O) groups is 2. The summed E-state index contributed by atoms with van der Waals surface area (Å²) >= 11 is 0. The van der Waals surface area contributed by atoms with Gasteiger partial charge in [-0.1, -0.05) is 48.5 Å². The number of hydrogen-bond donors (Lipinski definition) is 0. The van der Waals surface area contributed by atoms with E-state index < -0.39 is 5.41 Å². The lowest BCUT2D eigenvalue weighted by Crippen LogP contribution is -2.50. The summed E-state index contributed by atoms with van der Waals surface area (Å²) in [7, 11) is 0. The Morgan fingerprint density at radius 2 is 1.77 bits per heavy atom. The summed E-state index contributed by atoms with van der Waals surface area (Å²) in [6.45, 7) is 1.94. The van der Waals surface area contributed by atoms with Gasteiger partial charge in [-0.3, -0.25) is 9.59 Å². The van der Waals surface area contributed by atoms with E-state index in [2.05, 4.69) is 0 Å². The lowest BCUT2D eigenvalue weighted by Gasteiger charge is -2.49. The minimum atomic E-state index is -0.732. The van der Waals surface area contributed by atoms with Crippen LogP contribution < -0.4 is 0 Å². The molecule has 3 atom stereocenters. The number of fused-ring (bicyclic) bond motifs is 2. The fourth-order valence-corrected chi connectivity index (χ4v) is 4.00. The maximum absolute atomic E-state index is 12.6. The van der Waals surface area contributed by atoms with Gasteiger partial charge in [0.1, 0.15) is 12.4 Å². The quantitative estimate of drug-likeness (QED) is 0.628. The van der Waals surface area contributed by atoms with Crippen LogP contribution in [-0.4, -0.2) is 12.3 Å².